The summed E-state index contributed by atoms with van der Waals surface area (Å²) in [4.78, 5) is 33.6. The van der Waals surface area contributed by atoms with E-state index in [1.807, 2.05) is 31.2 Å². The fourth-order valence-corrected chi connectivity index (χ4v) is 7.15. The summed E-state index contributed by atoms with van der Waals surface area (Å²) in [7, 11) is 1.35. The van der Waals surface area contributed by atoms with Gasteiger partial charge in [-0.2, -0.15) is 10.1 Å². The average molecular weight is 622 g/mol. The first kappa shape index (κ1) is 29.1. The number of halogens is 2. The lowest BCUT2D eigenvalue weighted by molar-refractivity contribution is -0.161. The summed E-state index contributed by atoms with van der Waals surface area (Å²) in [5, 5.41) is 21.9. The monoisotopic (exact) mass is 621 g/mol. The van der Waals surface area contributed by atoms with Crippen LogP contribution < -0.4 is 10.2 Å². The number of fused-ring (bicyclic) bond motifs is 1. The summed E-state index contributed by atoms with van der Waals surface area (Å²) in [5.74, 6) is 0.406. The summed E-state index contributed by atoms with van der Waals surface area (Å²) in [6.07, 6.45) is 1.37. The molecule has 3 aliphatic rings. The van der Waals surface area contributed by atoms with E-state index in [0.717, 1.165) is 11.3 Å². The summed E-state index contributed by atoms with van der Waals surface area (Å²) in [6.45, 7) is 4.20. The highest BCUT2D eigenvalue weighted by Crippen LogP contribution is 2.56. The fraction of sp³-hybridized carbons (Fsp3) is 0.452. The summed E-state index contributed by atoms with van der Waals surface area (Å²) in [5.41, 5.74) is 2.60. The zero-order chi connectivity index (χ0) is 31.5. The van der Waals surface area contributed by atoms with Crippen molar-refractivity contribution in [2.24, 2.45) is 5.41 Å². The predicted octanol–water partition coefficient (Wildman–Crippen LogP) is 4.49. The molecule has 14 heteroatoms. The number of alkyl halides is 2. The van der Waals surface area contributed by atoms with Crippen LogP contribution in [0.15, 0.2) is 47.2 Å². The maximum Gasteiger partial charge on any atom is 0.409 e. The molecule has 2 amide bonds. The standard InChI is InChI=1S/C31H33F2N7O5/c1-18-3-4-19(26-36-28(45-37-26)20-5-7-38(13-20)29(42)44-2)9-23(18)35-27(41)22-12-34-40-8-6-21(10-24(22)40)39-16-30(17-39)14-31(43,15-30)11-25(32)33/h3-4,6,8-10,12,20,25,43H,5,7,11,13-17H2,1-2H3,(H,35,41). The molecule has 0 radical (unpaired) electrons. The number of methoxy groups -OCH3 is 1. The van der Waals surface area contributed by atoms with Crippen molar-refractivity contribution in [1.29, 1.82) is 0 Å². The molecule has 3 fully saturated rings. The van der Waals surface area contributed by atoms with Gasteiger partial charge >= 0.3 is 6.09 Å². The van der Waals surface area contributed by atoms with Crippen LogP contribution in [-0.4, -0.2) is 87.1 Å². The van der Waals surface area contributed by atoms with Gasteiger partial charge in [-0.15, -0.1) is 0 Å². The van der Waals surface area contributed by atoms with E-state index in [9.17, 15) is 23.5 Å². The molecule has 5 heterocycles. The van der Waals surface area contributed by atoms with Crippen LogP contribution in [0.4, 0.5) is 25.0 Å². The van der Waals surface area contributed by atoms with Crippen LogP contribution in [0.1, 0.15) is 53.4 Å². The molecule has 12 nitrogen and oxygen atoms in total. The number of benzene rings is 1. The number of pyridine rings is 1. The Kier molecular flexibility index (Phi) is 6.99. The van der Waals surface area contributed by atoms with E-state index < -0.39 is 18.4 Å². The second-order valence-corrected chi connectivity index (χ2v) is 12.6. The van der Waals surface area contributed by atoms with E-state index in [4.69, 9.17) is 9.26 Å². The van der Waals surface area contributed by atoms with Crippen LogP contribution >= 0.6 is 0 Å². The van der Waals surface area contributed by atoms with E-state index in [1.54, 1.807) is 21.7 Å². The third kappa shape index (κ3) is 5.36. The Morgan fingerprint density at radius 2 is 2.02 bits per heavy atom. The van der Waals surface area contributed by atoms with E-state index in [0.29, 0.717) is 79.5 Å². The Balaban J connectivity index is 1.04. The quantitative estimate of drug-likeness (QED) is 0.306. The number of amides is 2. The number of nitrogens with zero attached hydrogens (tertiary/aromatic N) is 6. The molecule has 1 saturated carbocycles. The number of anilines is 2. The molecule has 1 unspecified atom stereocenters. The first-order chi connectivity index (χ1) is 21.5. The lowest BCUT2D eigenvalue weighted by Crippen LogP contribution is -2.68. The summed E-state index contributed by atoms with van der Waals surface area (Å²) in [6, 6.07) is 9.32. The number of carbonyl (C=O) groups is 2. The molecule has 1 spiro atoms. The Morgan fingerprint density at radius 1 is 1.22 bits per heavy atom. The predicted molar refractivity (Wildman–Crippen MR) is 158 cm³/mol. The molecule has 1 atom stereocenters. The molecule has 1 aliphatic carbocycles. The van der Waals surface area contributed by atoms with Gasteiger partial charge in [-0.25, -0.2) is 18.1 Å². The highest BCUT2D eigenvalue weighted by Gasteiger charge is 2.60. The second-order valence-electron chi connectivity index (χ2n) is 12.6. The normalized spacial score (nSPS) is 20.0. The van der Waals surface area contributed by atoms with E-state index in [1.165, 1.54) is 13.3 Å². The largest absolute Gasteiger partial charge is 0.453 e. The van der Waals surface area contributed by atoms with Gasteiger partial charge in [0.05, 0.1) is 35.9 Å². The minimum atomic E-state index is -2.51. The van der Waals surface area contributed by atoms with E-state index in [-0.39, 0.29) is 23.3 Å². The van der Waals surface area contributed by atoms with Crippen molar-refractivity contribution in [3.8, 4) is 11.4 Å². The molecule has 2 saturated heterocycles. The molecule has 45 heavy (non-hydrogen) atoms. The highest BCUT2D eigenvalue weighted by molar-refractivity contribution is 6.09. The molecule has 2 aliphatic heterocycles. The first-order valence-electron chi connectivity index (χ1n) is 14.9. The number of carbonyl (C=O) groups excluding carboxylic acids is 2. The fourth-order valence-electron chi connectivity index (χ4n) is 7.15. The van der Waals surface area contributed by atoms with Crippen molar-refractivity contribution in [1.82, 2.24) is 24.7 Å². The second kappa shape index (κ2) is 10.8. The van der Waals surface area contributed by atoms with E-state index in [2.05, 4.69) is 25.5 Å². The third-order valence-electron chi connectivity index (χ3n) is 9.27. The summed E-state index contributed by atoms with van der Waals surface area (Å²) >= 11 is 0. The van der Waals surface area contributed by atoms with Crippen molar-refractivity contribution in [2.45, 2.75) is 50.6 Å². The average Bonchev–Trinajstić information content (AvgIpc) is 3.74. The number of hydrogen-bond acceptors (Lipinski definition) is 9. The number of aromatic nitrogens is 4. The number of likely N-dealkylation sites (tertiary alicyclic amines) is 1. The maximum absolute atomic E-state index is 13.5. The van der Waals surface area contributed by atoms with Gasteiger partial charge in [-0.05, 0) is 49.9 Å². The molecule has 236 valence electrons. The Bertz CT molecular complexity index is 1770. The van der Waals surface area contributed by atoms with Crippen molar-refractivity contribution < 1.29 is 32.7 Å². The minimum absolute atomic E-state index is 0.0836. The molecular weight excluding hydrogens is 588 g/mol. The number of aryl methyl sites for hydroxylation is 1. The number of nitrogens with one attached hydrogen (secondary N) is 1. The zero-order valence-corrected chi connectivity index (χ0v) is 24.9. The molecule has 2 N–H and O–H groups in total. The SMILES string of the molecule is COC(=O)N1CCC(c2nc(-c3ccc(C)c(NC(=O)c4cnn5ccc(N6CC7(C6)CC(O)(CC(F)F)C7)cc45)c3)no2)C1. The first-order valence-corrected chi connectivity index (χ1v) is 14.9. The van der Waals surface area contributed by atoms with Crippen LogP contribution in [0.3, 0.4) is 0 Å². The van der Waals surface area contributed by atoms with Crippen LogP contribution in [0.2, 0.25) is 0 Å². The molecule has 1 aromatic carbocycles. The van der Waals surface area contributed by atoms with Crippen molar-refractivity contribution in [3.05, 3.63) is 59.7 Å². The van der Waals surface area contributed by atoms with Crippen LogP contribution in [0.25, 0.3) is 16.9 Å². The zero-order valence-electron chi connectivity index (χ0n) is 24.9. The van der Waals surface area contributed by atoms with Gasteiger partial charge < -0.3 is 29.5 Å². The van der Waals surface area contributed by atoms with Crippen LogP contribution in [0, 0.1) is 12.3 Å². The number of ether oxygens (including phenoxy) is 1. The number of rotatable bonds is 7. The molecule has 7 rings (SSSR count). The van der Waals surface area contributed by atoms with Crippen molar-refractivity contribution >= 4 is 28.9 Å². The van der Waals surface area contributed by atoms with Crippen LogP contribution in [0.5, 0.6) is 0 Å². The van der Waals surface area contributed by atoms with Gasteiger partial charge in [0.15, 0.2) is 0 Å². The van der Waals surface area contributed by atoms with Crippen molar-refractivity contribution in [3.63, 3.8) is 0 Å². The Labute approximate surface area is 256 Å². The van der Waals surface area contributed by atoms with Crippen LogP contribution in [-0.2, 0) is 4.74 Å². The maximum atomic E-state index is 13.5. The van der Waals surface area contributed by atoms with Gasteiger partial charge in [0.2, 0.25) is 18.1 Å². The highest BCUT2D eigenvalue weighted by atomic mass is 19.3. The van der Waals surface area contributed by atoms with Crippen molar-refractivity contribution in [2.75, 3.05) is 43.5 Å². The minimum Gasteiger partial charge on any atom is -0.453 e. The number of hydrogen-bond donors (Lipinski definition) is 2. The molecule has 3 aromatic heterocycles. The topological polar surface area (TPSA) is 138 Å². The van der Waals surface area contributed by atoms with Gasteiger partial charge in [0.1, 0.15) is 0 Å². The third-order valence-corrected chi connectivity index (χ3v) is 9.27. The molecule has 4 aromatic rings. The Hall–Kier alpha value is -4.59. The lowest BCUT2D eigenvalue weighted by atomic mass is 9.54. The molecule has 0 bridgehead atoms. The summed E-state index contributed by atoms with van der Waals surface area (Å²) < 4.78 is 37.6. The van der Waals surface area contributed by atoms with Gasteiger partial charge in [-0.1, -0.05) is 17.3 Å². The Morgan fingerprint density at radius 3 is 2.78 bits per heavy atom. The molecular formula is C31H33F2N7O5. The van der Waals surface area contributed by atoms with Gasteiger partial charge in [0.25, 0.3) is 5.91 Å². The number of aliphatic hydroxyl groups is 1. The lowest BCUT2D eigenvalue weighted by Gasteiger charge is -2.63. The smallest absolute Gasteiger partial charge is 0.409 e. The van der Waals surface area contributed by atoms with Gasteiger partial charge in [0, 0.05) is 61.1 Å². The van der Waals surface area contributed by atoms with E-state index >= 15 is 0 Å². The van der Waals surface area contributed by atoms with Gasteiger partial charge in [-0.3, -0.25) is 4.79 Å².